The monoisotopic (exact) mass is 405 g/mol. The van der Waals surface area contributed by atoms with E-state index >= 15 is 0 Å². The van der Waals surface area contributed by atoms with Crippen LogP contribution in [0.3, 0.4) is 0 Å². The van der Waals surface area contributed by atoms with Gasteiger partial charge >= 0.3 is 0 Å². The van der Waals surface area contributed by atoms with Gasteiger partial charge in [-0.05, 0) is 42.9 Å². The second kappa shape index (κ2) is 9.43. The van der Waals surface area contributed by atoms with E-state index in [1.54, 1.807) is 0 Å². The lowest BCUT2D eigenvalue weighted by Crippen LogP contribution is -2.51. The maximum absolute atomic E-state index is 12.6. The predicted molar refractivity (Wildman–Crippen MR) is 118 cm³/mol. The molecule has 0 radical (unpaired) electrons. The Hall–Kier alpha value is -2.66. The maximum Gasteiger partial charge on any atom is 0.234 e. The van der Waals surface area contributed by atoms with Crippen molar-refractivity contribution in [2.24, 2.45) is 0 Å². The van der Waals surface area contributed by atoms with Crippen molar-refractivity contribution in [3.8, 4) is 0 Å². The molecule has 4 rings (SSSR count). The minimum absolute atomic E-state index is 0.0798. The summed E-state index contributed by atoms with van der Waals surface area (Å²) in [6.45, 7) is 5.31. The fourth-order valence-corrected chi connectivity index (χ4v) is 4.49. The summed E-state index contributed by atoms with van der Waals surface area (Å²) >= 11 is 0. The molecule has 1 heterocycles. The molecule has 0 spiro atoms. The number of rotatable bonds is 5. The van der Waals surface area contributed by atoms with Gasteiger partial charge in [0.25, 0.3) is 0 Å². The summed E-state index contributed by atoms with van der Waals surface area (Å²) in [6, 6.07) is 16.7. The Balaban J connectivity index is 1.23. The average Bonchev–Trinajstić information content (AvgIpc) is 2.76. The Morgan fingerprint density at radius 2 is 1.73 bits per heavy atom. The number of amides is 2. The lowest BCUT2D eigenvalue weighted by atomic mass is 9.88. The number of carbonyl (C=O) groups excluding carboxylic acids is 2. The summed E-state index contributed by atoms with van der Waals surface area (Å²) < 4.78 is 0. The van der Waals surface area contributed by atoms with Gasteiger partial charge in [0.15, 0.2) is 0 Å². The summed E-state index contributed by atoms with van der Waals surface area (Å²) in [5.74, 6) is 0.248. The first kappa shape index (κ1) is 20.6. The van der Waals surface area contributed by atoms with Crippen molar-refractivity contribution < 1.29 is 9.59 Å². The molecule has 1 fully saturated rings. The maximum atomic E-state index is 12.6. The van der Waals surface area contributed by atoms with Gasteiger partial charge in [-0.3, -0.25) is 14.5 Å². The van der Waals surface area contributed by atoms with E-state index in [-0.39, 0.29) is 17.9 Å². The average molecular weight is 406 g/mol. The molecule has 1 N–H and O–H groups in total. The van der Waals surface area contributed by atoms with Crippen molar-refractivity contribution in [1.82, 2.24) is 15.1 Å². The SMILES string of the molecule is Cc1ccc(CC(=O)N2CCN(CC(=O)NC3CCCc4ccccc43)CC2)cc1. The molecule has 158 valence electrons. The van der Waals surface area contributed by atoms with Crippen LogP contribution < -0.4 is 5.32 Å². The lowest BCUT2D eigenvalue weighted by Gasteiger charge is -2.35. The third kappa shape index (κ3) is 5.08. The van der Waals surface area contributed by atoms with Crippen LogP contribution in [0, 0.1) is 6.92 Å². The predicted octanol–water partition coefficient (Wildman–Crippen LogP) is 2.88. The first-order valence-electron chi connectivity index (χ1n) is 11.0. The number of benzene rings is 2. The van der Waals surface area contributed by atoms with Crippen LogP contribution in [0.4, 0.5) is 0 Å². The van der Waals surface area contributed by atoms with E-state index in [2.05, 4.69) is 34.5 Å². The van der Waals surface area contributed by atoms with E-state index in [4.69, 9.17) is 0 Å². The van der Waals surface area contributed by atoms with Crippen LogP contribution in [0.2, 0.25) is 0 Å². The van der Waals surface area contributed by atoms with Crippen molar-refractivity contribution in [2.45, 2.75) is 38.6 Å². The largest absolute Gasteiger partial charge is 0.348 e. The molecule has 1 aliphatic heterocycles. The summed E-state index contributed by atoms with van der Waals surface area (Å²) in [7, 11) is 0. The van der Waals surface area contributed by atoms with E-state index in [0.717, 1.165) is 37.9 Å². The number of nitrogens with zero attached hydrogens (tertiary/aromatic N) is 2. The normalized spacial score (nSPS) is 19.2. The number of piperazine rings is 1. The zero-order valence-electron chi connectivity index (χ0n) is 17.8. The van der Waals surface area contributed by atoms with Gasteiger partial charge in [0.05, 0.1) is 19.0 Å². The highest BCUT2D eigenvalue weighted by Gasteiger charge is 2.25. The van der Waals surface area contributed by atoms with E-state index in [1.807, 2.05) is 36.1 Å². The number of hydrogen-bond donors (Lipinski definition) is 1. The minimum atomic E-state index is 0.0798. The van der Waals surface area contributed by atoms with Crippen molar-refractivity contribution in [1.29, 1.82) is 0 Å². The highest BCUT2D eigenvalue weighted by molar-refractivity contribution is 5.80. The number of nitrogens with one attached hydrogen (secondary N) is 1. The highest BCUT2D eigenvalue weighted by Crippen LogP contribution is 2.29. The molecule has 1 unspecified atom stereocenters. The molecule has 2 aliphatic rings. The van der Waals surface area contributed by atoms with Gasteiger partial charge in [-0.2, -0.15) is 0 Å². The molecule has 0 aromatic heterocycles. The van der Waals surface area contributed by atoms with Crippen molar-refractivity contribution in [2.75, 3.05) is 32.7 Å². The van der Waals surface area contributed by atoms with E-state index in [1.165, 1.54) is 16.7 Å². The zero-order valence-corrected chi connectivity index (χ0v) is 17.8. The van der Waals surface area contributed by atoms with Crippen LogP contribution >= 0.6 is 0 Å². The number of hydrogen-bond acceptors (Lipinski definition) is 3. The summed E-state index contributed by atoms with van der Waals surface area (Å²) in [5, 5.41) is 3.23. The molecule has 2 aromatic carbocycles. The van der Waals surface area contributed by atoms with Gasteiger partial charge in [-0.15, -0.1) is 0 Å². The molecule has 2 aromatic rings. The number of fused-ring (bicyclic) bond motifs is 1. The molecule has 0 bridgehead atoms. The van der Waals surface area contributed by atoms with E-state index < -0.39 is 0 Å². The molecular formula is C25H31N3O2. The van der Waals surface area contributed by atoms with Gasteiger partial charge in [-0.1, -0.05) is 54.1 Å². The van der Waals surface area contributed by atoms with Crippen LogP contribution in [-0.2, 0) is 22.4 Å². The van der Waals surface area contributed by atoms with E-state index in [0.29, 0.717) is 26.1 Å². The lowest BCUT2D eigenvalue weighted by molar-refractivity contribution is -0.132. The fourth-order valence-electron chi connectivity index (χ4n) is 4.49. The van der Waals surface area contributed by atoms with Gasteiger partial charge in [0.1, 0.15) is 0 Å². The van der Waals surface area contributed by atoms with Gasteiger partial charge in [0, 0.05) is 26.2 Å². The van der Waals surface area contributed by atoms with Crippen molar-refractivity contribution in [3.05, 3.63) is 70.8 Å². The van der Waals surface area contributed by atoms with Gasteiger partial charge < -0.3 is 10.2 Å². The van der Waals surface area contributed by atoms with Crippen molar-refractivity contribution >= 4 is 11.8 Å². The first-order chi connectivity index (χ1) is 14.6. The smallest absolute Gasteiger partial charge is 0.234 e. The molecule has 1 aliphatic carbocycles. The Morgan fingerprint density at radius 3 is 2.50 bits per heavy atom. The number of aryl methyl sites for hydroxylation is 2. The molecule has 1 saturated heterocycles. The third-order valence-electron chi connectivity index (χ3n) is 6.27. The third-order valence-corrected chi connectivity index (χ3v) is 6.27. The molecule has 5 heteroatoms. The zero-order chi connectivity index (χ0) is 20.9. The first-order valence-corrected chi connectivity index (χ1v) is 11.0. The van der Waals surface area contributed by atoms with Crippen LogP contribution in [0.1, 0.15) is 41.1 Å². The quantitative estimate of drug-likeness (QED) is 0.832. The second-order valence-electron chi connectivity index (χ2n) is 8.53. The Morgan fingerprint density at radius 1 is 1.00 bits per heavy atom. The molecule has 1 atom stereocenters. The summed E-state index contributed by atoms with van der Waals surface area (Å²) in [5.41, 5.74) is 4.88. The molecule has 30 heavy (non-hydrogen) atoms. The second-order valence-corrected chi connectivity index (χ2v) is 8.53. The van der Waals surface area contributed by atoms with Gasteiger partial charge in [-0.25, -0.2) is 0 Å². The van der Waals surface area contributed by atoms with Gasteiger partial charge in [0.2, 0.25) is 11.8 Å². The molecule has 2 amide bonds. The molecular weight excluding hydrogens is 374 g/mol. The van der Waals surface area contributed by atoms with Crippen LogP contribution in [0.5, 0.6) is 0 Å². The summed E-state index contributed by atoms with van der Waals surface area (Å²) in [6.07, 6.45) is 3.66. The standard InChI is InChI=1S/C25H31N3O2/c1-19-9-11-20(12-10-19)17-25(30)28-15-13-27(14-16-28)18-24(29)26-23-8-4-6-21-5-2-3-7-22(21)23/h2-3,5,7,9-12,23H,4,6,8,13-18H2,1H3,(H,26,29). The molecule has 5 nitrogen and oxygen atoms in total. The number of carbonyl (C=O) groups is 2. The van der Waals surface area contributed by atoms with Crippen molar-refractivity contribution in [3.63, 3.8) is 0 Å². The van der Waals surface area contributed by atoms with Crippen LogP contribution in [0.15, 0.2) is 48.5 Å². The Labute approximate surface area is 179 Å². The Kier molecular flexibility index (Phi) is 6.48. The van der Waals surface area contributed by atoms with E-state index in [9.17, 15) is 9.59 Å². The highest BCUT2D eigenvalue weighted by atomic mass is 16.2. The fraction of sp³-hybridized carbons (Fsp3) is 0.440. The van der Waals surface area contributed by atoms with Crippen LogP contribution in [-0.4, -0.2) is 54.3 Å². The minimum Gasteiger partial charge on any atom is -0.348 e. The summed E-state index contributed by atoms with van der Waals surface area (Å²) in [4.78, 5) is 29.3. The Bertz CT molecular complexity index is 886. The van der Waals surface area contributed by atoms with Crippen LogP contribution in [0.25, 0.3) is 0 Å². The topological polar surface area (TPSA) is 52.7 Å². The molecule has 0 saturated carbocycles.